The number of rotatable bonds is 4. The van der Waals surface area contributed by atoms with E-state index in [2.05, 4.69) is 5.32 Å². The van der Waals surface area contributed by atoms with Crippen LogP contribution in [-0.4, -0.2) is 24.9 Å². The minimum Gasteiger partial charge on any atom is -0.382 e. The van der Waals surface area contributed by atoms with Crippen LogP contribution in [0.15, 0.2) is 30.0 Å². The van der Waals surface area contributed by atoms with Gasteiger partial charge in [-0.05, 0) is 6.07 Å². The summed E-state index contributed by atoms with van der Waals surface area (Å²) in [5.74, 6) is -2.03. The molecule has 6 heteroatoms. The van der Waals surface area contributed by atoms with E-state index in [0.29, 0.717) is 0 Å². The van der Waals surface area contributed by atoms with Crippen molar-refractivity contribution < 1.29 is 13.6 Å². The summed E-state index contributed by atoms with van der Waals surface area (Å²) >= 11 is 0. The highest BCUT2D eigenvalue weighted by molar-refractivity contribution is 5.97. The Kier molecular flexibility index (Phi) is 5.01. The molecule has 0 aliphatic rings. The maximum absolute atomic E-state index is 13.3. The molecule has 0 aliphatic heterocycles. The molecule has 0 bridgehead atoms. The van der Waals surface area contributed by atoms with Crippen molar-refractivity contribution in [2.24, 2.45) is 0 Å². The Bertz CT molecular complexity index is 547. The number of nitriles is 1. The van der Waals surface area contributed by atoms with Crippen molar-refractivity contribution in [1.82, 2.24) is 10.2 Å². The quantitative estimate of drug-likeness (QED) is 0.664. The largest absolute Gasteiger partial charge is 0.382 e. The van der Waals surface area contributed by atoms with E-state index in [1.807, 2.05) is 0 Å². The van der Waals surface area contributed by atoms with Gasteiger partial charge in [-0.15, -0.1) is 0 Å². The summed E-state index contributed by atoms with van der Waals surface area (Å²) in [7, 11) is 3.34. The van der Waals surface area contributed by atoms with E-state index in [4.69, 9.17) is 5.26 Å². The third kappa shape index (κ3) is 4.39. The van der Waals surface area contributed by atoms with Crippen LogP contribution in [0.4, 0.5) is 8.78 Å². The van der Waals surface area contributed by atoms with E-state index >= 15 is 0 Å². The van der Waals surface area contributed by atoms with Crippen molar-refractivity contribution in [2.45, 2.75) is 6.54 Å². The first kappa shape index (κ1) is 14.6. The van der Waals surface area contributed by atoms with Gasteiger partial charge in [0.15, 0.2) is 0 Å². The number of halogens is 2. The summed E-state index contributed by atoms with van der Waals surface area (Å²) in [6.45, 7) is -0.114. The van der Waals surface area contributed by atoms with Crippen LogP contribution in [0, 0.1) is 23.0 Å². The third-order valence-electron chi connectivity index (χ3n) is 2.21. The molecule has 0 saturated heterocycles. The standard InChI is InChI=1S/C13H13F2N3O/c1-18(2)8-10(6-16)13(19)17-7-9-3-4-11(14)5-12(9)15/h3-5,8H,7H2,1-2H3,(H,17,19). The lowest BCUT2D eigenvalue weighted by Gasteiger charge is -2.08. The van der Waals surface area contributed by atoms with Gasteiger partial charge in [0.1, 0.15) is 23.3 Å². The molecular formula is C13H13F2N3O. The number of hydrogen-bond donors (Lipinski definition) is 1. The Hall–Kier alpha value is -2.42. The highest BCUT2D eigenvalue weighted by Gasteiger charge is 2.10. The van der Waals surface area contributed by atoms with Crippen molar-refractivity contribution >= 4 is 5.91 Å². The zero-order valence-electron chi connectivity index (χ0n) is 10.6. The van der Waals surface area contributed by atoms with Crippen molar-refractivity contribution in [3.63, 3.8) is 0 Å². The lowest BCUT2D eigenvalue weighted by molar-refractivity contribution is -0.117. The van der Waals surface area contributed by atoms with Crippen LogP contribution in [0.2, 0.25) is 0 Å². The van der Waals surface area contributed by atoms with Crippen molar-refractivity contribution in [1.29, 1.82) is 5.26 Å². The smallest absolute Gasteiger partial charge is 0.263 e. The molecule has 0 heterocycles. The number of carbonyl (C=O) groups is 1. The molecule has 1 aromatic carbocycles. The first-order valence-electron chi connectivity index (χ1n) is 5.44. The molecule has 1 rings (SSSR count). The molecule has 1 amide bonds. The van der Waals surface area contributed by atoms with Crippen LogP contribution in [-0.2, 0) is 11.3 Å². The predicted octanol–water partition coefficient (Wildman–Crippen LogP) is 1.55. The molecule has 0 aromatic heterocycles. The Morgan fingerprint density at radius 1 is 1.47 bits per heavy atom. The van der Waals surface area contributed by atoms with E-state index in [0.717, 1.165) is 12.1 Å². The SMILES string of the molecule is CN(C)C=C(C#N)C(=O)NCc1ccc(F)cc1F. The normalized spacial score (nSPS) is 10.8. The van der Waals surface area contributed by atoms with Crippen LogP contribution in [0.25, 0.3) is 0 Å². The number of nitrogens with zero attached hydrogens (tertiary/aromatic N) is 2. The summed E-state index contributed by atoms with van der Waals surface area (Å²) in [5, 5.41) is 11.2. The minimum atomic E-state index is -0.740. The van der Waals surface area contributed by atoms with Crippen molar-refractivity contribution in [2.75, 3.05) is 14.1 Å². The maximum atomic E-state index is 13.3. The van der Waals surface area contributed by atoms with Gasteiger partial charge in [0.25, 0.3) is 5.91 Å². The molecule has 0 radical (unpaired) electrons. The van der Waals surface area contributed by atoms with Gasteiger partial charge < -0.3 is 10.2 Å². The van der Waals surface area contributed by atoms with E-state index in [9.17, 15) is 13.6 Å². The fourth-order valence-electron chi connectivity index (χ4n) is 1.33. The van der Waals surface area contributed by atoms with Crippen LogP contribution >= 0.6 is 0 Å². The Morgan fingerprint density at radius 2 is 2.16 bits per heavy atom. The highest BCUT2D eigenvalue weighted by atomic mass is 19.1. The van der Waals surface area contributed by atoms with Gasteiger partial charge in [-0.1, -0.05) is 6.07 Å². The molecule has 0 saturated carbocycles. The molecule has 0 spiro atoms. The zero-order valence-corrected chi connectivity index (χ0v) is 10.6. The van der Waals surface area contributed by atoms with E-state index in [1.54, 1.807) is 25.1 Å². The van der Waals surface area contributed by atoms with Crippen molar-refractivity contribution in [3.05, 3.63) is 47.2 Å². The predicted molar refractivity (Wildman–Crippen MR) is 65.6 cm³/mol. The number of amides is 1. The Balaban J connectivity index is 2.71. The first-order valence-corrected chi connectivity index (χ1v) is 5.44. The monoisotopic (exact) mass is 265 g/mol. The maximum Gasteiger partial charge on any atom is 0.263 e. The molecule has 19 heavy (non-hydrogen) atoms. The fourth-order valence-corrected chi connectivity index (χ4v) is 1.33. The number of hydrogen-bond acceptors (Lipinski definition) is 3. The molecular weight excluding hydrogens is 252 g/mol. The van der Waals surface area contributed by atoms with E-state index in [1.165, 1.54) is 12.3 Å². The topological polar surface area (TPSA) is 56.1 Å². The van der Waals surface area contributed by atoms with Gasteiger partial charge in [0.2, 0.25) is 0 Å². The van der Waals surface area contributed by atoms with Crippen LogP contribution in [0.3, 0.4) is 0 Å². The molecule has 0 fully saturated rings. The average molecular weight is 265 g/mol. The Morgan fingerprint density at radius 3 is 2.68 bits per heavy atom. The Labute approximate surface area is 109 Å². The molecule has 100 valence electrons. The number of nitrogens with one attached hydrogen (secondary N) is 1. The second kappa shape index (κ2) is 6.50. The molecule has 0 unspecified atom stereocenters. The minimum absolute atomic E-state index is 0.0903. The van der Waals surface area contributed by atoms with Gasteiger partial charge in [-0.25, -0.2) is 8.78 Å². The van der Waals surface area contributed by atoms with Gasteiger partial charge >= 0.3 is 0 Å². The highest BCUT2D eigenvalue weighted by Crippen LogP contribution is 2.09. The summed E-state index contributed by atoms with van der Waals surface area (Å²) < 4.78 is 26.0. The van der Waals surface area contributed by atoms with Gasteiger partial charge in [-0.3, -0.25) is 4.79 Å². The van der Waals surface area contributed by atoms with Crippen LogP contribution < -0.4 is 5.32 Å². The molecule has 0 aliphatic carbocycles. The third-order valence-corrected chi connectivity index (χ3v) is 2.21. The van der Waals surface area contributed by atoms with Gasteiger partial charge in [0.05, 0.1) is 0 Å². The first-order chi connectivity index (χ1) is 8.93. The molecule has 1 N–H and O–H groups in total. The summed E-state index contributed by atoms with van der Waals surface area (Å²) in [6, 6.07) is 4.83. The molecule has 0 atom stereocenters. The van der Waals surface area contributed by atoms with Crippen molar-refractivity contribution in [3.8, 4) is 6.07 Å². The summed E-state index contributed by atoms with van der Waals surface area (Å²) in [4.78, 5) is 13.2. The summed E-state index contributed by atoms with van der Waals surface area (Å²) in [5.41, 5.74) is 0.0596. The van der Waals surface area contributed by atoms with E-state index < -0.39 is 17.5 Å². The molecule has 4 nitrogen and oxygen atoms in total. The molecule has 1 aromatic rings. The van der Waals surface area contributed by atoms with E-state index in [-0.39, 0.29) is 17.7 Å². The second-order valence-corrected chi connectivity index (χ2v) is 4.04. The van der Waals surface area contributed by atoms with Crippen LogP contribution in [0.1, 0.15) is 5.56 Å². The lowest BCUT2D eigenvalue weighted by Crippen LogP contribution is -2.25. The fraction of sp³-hybridized carbons (Fsp3) is 0.231. The average Bonchev–Trinajstić information content (AvgIpc) is 2.34. The number of carbonyl (C=O) groups excluding carboxylic acids is 1. The van der Waals surface area contributed by atoms with Gasteiger partial charge in [0, 0.05) is 38.5 Å². The lowest BCUT2D eigenvalue weighted by atomic mass is 10.2. The van der Waals surface area contributed by atoms with Gasteiger partial charge in [-0.2, -0.15) is 5.26 Å². The second-order valence-electron chi connectivity index (χ2n) is 4.04. The van der Waals surface area contributed by atoms with Crippen LogP contribution in [0.5, 0.6) is 0 Å². The zero-order chi connectivity index (χ0) is 14.4. The number of benzene rings is 1. The summed E-state index contributed by atoms with van der Waals surface area (Å²) in [6.07, 6.45) is 1.36.